The molecule has 0 spiro atoms. The standard InChI is InChI=1S/C14H27N3/c1-2-9-16(10-3-1)14-6-11-17(12-14)13-4-7-15-8-5-13/h13-15H,1-12H2. The van der Waals surface area contributed by atoms with Crippen LogP contribution in [-0.2, 0) is 0 Å². The van der Waals surface area contributed by atoms with Crippen LogP contribution < -0.4 is 5.32 Å². The SMILES string of the molecule is C1CCN(C2CCN(C3CCNCC3)C2)CC1. The molecule has 0 aromatic rings. The fourth-order valence-corrected chi connectivity index (χ4v) is 3.85. The van der Waals surface area contributed by atoms with Gasteiger partial charge in [-0.25, -0.2) is 0 Å². The highest BCUT2D eigenvalue weighted by molar-refractivity contribution is 4.89. The third-order valence-corrected chi connectivity index (χ3v) is 4.93. The Balaban J connectivity index is 1.50. The van der Waals surface area contributed by atoms with Crippen molar-refractivity contribution >= 4 is 0 Å². The molecule has 3 nitrogen and oxygen atoms in total. The Morgan fingerprint density at radius 3 is 2.24 bits per heavy atom. The second-order valence-electron chi connectivity index (χ2n) is 6.02. The molecule has 3 fully saturated rings. The molecule has 0 radical (unpaired) electrons. The van der Waals surface area contributed by atoms with Crippen LogP contribution in [0.3, 0.4) is 0 Å². The summed E-state index contributed by atoms with van der Waals surface area (Å²) < 4.78 is 0. The zero-order valence-electron chi connectivity index (χ0n) is 11.0. The molecule has 98 valence electrons. The third-order valence-electron chi connectivity index (χ3n) is 4.93. The summed E-state index contributed by atoms with van der Waals surface area (Å²) in [6, 6.07) is 1.76. The molecule has 0 aromatic carbocycles. The van der Waals surface area contributed by atoms with Gasteiger partial charge >= 0.3 is 0 Å². The lowest BCUT2D eigenvalue weighted by atomic mass is 10.1. The van der Waals surface area contributed by atoms with Crippen molar-refractivity contribution in [3.63, 3.8) is 0 Å². The number of likely N-dealkylation sites (tertiary alicyclic amines) is 2. The van der Waals surface area contributed by atoms with E-state index >= 15 is 0 Å². The second-order valence-corrected chi connectivity index (χ2v) is 6.02. The second kappa shape index (κ2) is 5.68. The largest absolute Gasteiger partial charge is 0.317 e. The van der Waals surface area contributed by atoms with Gasteiger partial charge in [0.2, 0.25) is 0 Å². The predicted molar refractivity (Wildman–Crippen MR) is 71.3 cm³/mol. The highest BCUT2D eigenvalue weighted by Crippen LogP contribution is 2.24. The topological polar surface area (TPSA) is 18.5 Å². The summed E-state index contributed by atoms with van der Waals surface area (Å²) >= 11 is 0. The Kier molecular flexibility index (Phi) is 3.99. The summed E-state index contributed by atoms with van der Waals surface area (Å²) in [6.07, 6.45) is 8.48. The van der Waals surface area contributed by atoms with E-state index in [-0.39, 0.29) is 0 Å². The quantitative estimate of drug-likeness (QED) is 0.781. The van der Waals surface area contributed by atoms with Crippen LogP contribution in [0.15, 0.2) is 0 Å². The molecule has 3 rings (SSSR count). The number of nitrogens with zero attached hydrogens (tertiary/aromatic N) is 2. The lowest BCUT2D eigenvalue weighted by Gasteiger charge is -2.34. The lowest BCUT2D eigenvalue weighted by Crippen LogP contribution is -2.45. The van der Waals surface area contributed by atoms with Gasteiger partial charge in [-0.1, -0.05) is 6.42 Å². The van der Waals surface area contributed by atoms with Crippen molar-refractivity contribution in [3.05, 3.63) is 0 Å². The van der Waals surface area contributed by atoms with E-state index in [1.807, 2.05) is 0 Å². The Morgan fingerprint density at radius 2 is 1.47 bits per heavy atom. The molecule has 0 aliphatic carbocycles. The van der Waals surface area contributed by atoms with Gasteiger partial charge in [0.25, 0.3) is 0 Å². The lowest BCUT2D eigenvalue weighted by molar-refractivity contribution is 0.142. The molecular weight excluding hydrogens is 210 g/mol. The smallest absolute Gasteiger partial charge is 0.0235 e. The van der Waals surface area contributed by atoms with E-state index in [1.54, 1.807) is 0 Å². The maximum atomic E-state index is 3.48. The van der Waals surface area contributed by atoms with Gasteiger partial charge < -0.3 is 5.32 Å². The molecular formula is C14H27N3. The van der Waals surface area contributed by atoms with E-state index in [0.29, 0.717) is 0 Å². The van der Waals surface area contributed by atoms with Crippen molar-refractivity contribution in [1.29, 1.82) is 0 Å². The third kappa shape index (κ3) is 2.83. The number of hydrogen-bond acceptors (Lipinski definition) is 3. The fourth-order valence-electron chi connectivity index (χ4n) is 3.85. The summed E-state index contributed by atoms with van der Waals surface area (Å²) in [6.45, 7) is 7.90. The van der Waals surface area contributed by atoms with Gasteiger partial charge in [0, 0.05) is 25.2 Å². The molecule has 3 saturated heterocycles. The maximum absolute atomic E-state index is 3.48. The molecule has 0 saturated carbocycles. The van der Waals surface area contributed by atoms with E-state index in [9.17, 15) is 0 Å². The first kappa shape index (κ1) is 11.9. The van der Waals surface area contributed by atoms with Crippen molar-refractivity contribution in [3.8, 4) is 0 Å². The molecule has 0 amide bonds. The van der Waals surface area contributed by atoms with Crippen LogP contribution in [0, 0.1) is 0 Å². The monoisotopic (exact) mass is 237 g/mol. The zero-order chi connectivity index (χ0) is 11.5. The number of nitrogens with one attached hydrogen (secondary N) is 1. The van der Waals surface area contributed by atoms with Gasteiger partial charge in [0.15, 0.2) is 0 Å². The van der Waals surface area contributed by atoms with Crippen molar-refractivity contribution in [2.75, 3.05) is 39.3 Å². The minimum absolute atomic E-state index is 0.880. The Morgan fingerprint density at radius 1 is 0.706 bits per heavy atom. The summed E-state index contributed by atoms with van der Waals surface area (Å²) in [5.74, 6) is 0. The number of hydrogen-bond donors (Lipinski definition) is 1. The highest BCUT2D eigenvalue weighted by atomic mass is 15.3. The van der Waals surface area contributed by atoms with E-state index in [1.165, 1.54) is 77.8 Å². The van der Waals surface area contributed by atoms with E-state index in [4.69, 9.17) is 0 Å². The molecule has 3 aliphatic rings. The van der Waals surface area contributed by atoms with Crippen LogP contribution in [0.25, 0.3) is 0 Å². The molecule has 1 atom stereocenters. The first-order valence-corrected chi connectivity index (χ1v) is 7.62. The van der Waals surface area contributed by atoms with Gasteiger partial charge in [0.05, 0.1) is 0 Å². The van der Waals surface area contributed by atoms with Crippen LogP contribution in [0.2, 0.25) is 0 Å². The van der Waals surface area contributed by atoms with Gasteiger partial charge in [-0.05, 0) is 58.3 Å². The minimum Gasteiger partial charge on any atom is -0.317 e. The summed E-state index contributed by atoms with van der Waals surface area (Å²) in [5, 5.41) is 3.48. The summed E-state index contributed by atoms with van der Waals surface area (Å²) in [5.41, 5.74) is 0. The molecule has 0 bridgehead atoms. The molecule has 3 aliphatic heterocycles. The van der Waals surface area contributed by atoms with Crippen molar-refractivity contribution in [2.45, 2.75) is 50.6 Å². The van der Waals surface area contributed by atoms with Gasteiger partial charge in [-0.2, -0.15) is 0 Å². The minimum atomic E-state index is 0.880. The number of rotatable bonds is 2. The molecule has 3 heterocycles. The fraction of sp³-hybridized carbons (Fsp3) is 1.00. The predicted octanol–water partition coefficient (Wildman–Crippen LogP) is 1.30. The van der Waals surface area contributed by atoms with Crippen LogP contribution in [-0.4, -0.2) is 61.2 Å². The first-order valence-electron chi connectivity index (χ1n) is 7.62. The first-order chi connectivity index (χ1) is 8.43. The maximum Gasteiger partial charge on any atom is 0.0235 e. The van der Waals surface area contributed by atoms with Crippen LogP contribution in [0.1, 0.15) is 38.5 Å². The van der Waals surface area contributed by atoms with Crippen LogP contribution >= 0.6 is 0 Å². The Labute approximate surface area is 106 Å². The normalized spacial score (nSPS) is 34.2. The summed E-state index contributed by atoms with van der Waals surface area (Å²) in [4.78, 5) is 5.55. The van der Waals surface area contributed by atoms with Gasteiger partial charge in [0.1, 0.15) is 0 Å². The number of piperidine rings is 2. The van der Waals surface area contributed by atoms with Crippen LogP contribution in [0.4, 0.5) is 0 Å². The van der Waals surface area contributed by atoms with Crippen molar-refractivity contribution < 1.29 is 0 Å². The average Bonchev–Trinajstić information content (AvgIpc) is 2.90. The van der Waals surface area contributed by atoms with E-state index in [0.717, 1.165) is 12.1 Å². The van der Waals surface area contributed by atoms with Crippen LogP contribution in [0.5, 0.6) is 0 Å². The Bertz CT molecular complexity index is 208. The molecule has 17 heavy (non-hydrogen) atoms. The van der Waals surface area contributed by atoms with E-state index in [2.05, 4.69) is 15.1 Å². The van der Waals surface area contributed by atoms with Crippen molar-refractivity contribution in [1.82, 2.24) is 15.1 Å². The molecule has 3 heteroatoms. The highest BCUT2D eigenvalue weighted by Gasteiger charge is 2.32. The molecule has 1 unspecified atom stereocenters. The molecule has 1 N–H and O–H groups in total. The van der Waals surface area contributed by atoms with Gasteiger partial charge in [-0.15, -0.1) is 0 Å². The van der Waals surface area contributed by atoms with Crippen molar-refractivity contribution in [2.24, 2.45) is 0 Å². The Hall–Kier alpha value is -0.120. The molecule has 0 aromatic heterocycles. The van der Waals surface area contributed by atoms with Gasteiger partial charge in [-0.3, -0.25) is 9.80 Å². The average molecular weight is 237 g/mol. The zero-order valence-corrected chi connectivity index (χ0v) is 11.0. The summed E-state index contributed by atoms with van der Waals surface area (Å²) in [7, 11) is 0. The van der Waals surface area contributed by atoms with E-state index < -0.39 is 0 Å².